The number of ketones is 2. The van der Waals surface area contributed by atoms with Gasteiger partial charge in [0.25, 0.3) is 5.88 Å². The predicted molar refractivity (Wildman–Crippen MR) is 188 cm³/mol. The molecule has 4 aromatic rings. The summed E-state index contributed by atoms with van der Waals surface area (Å²) in [5.74, 6) is -3.23. The van der Waals surface area contributed by atoms with Crippen LogP contribution in [0, 0.1) is 11.8 Å². The van der Waals surface area contributed by atoms with Crippen LogP contribution in [0.1, 0.15) is 79.8 Å². The number of aromatic nitrogens is 1. The van der Waals surface area contributed by atoms with Crippen molar-refractivity contribution in [3.63, 3.8) is 0 Å². The molecule has 0 radical (unpaired) electrons. The van der Waals surface area contributed by atoms with Gasteiger partial charge >= 0.3 is 0 Å². The zero-order valence-electron chi connectivity index (χ0n) is 29.1. The van der Waals surface area contributed by atoms with E-state index in [2.05, 4.69) is 5.16 Å². The molecular weight excluding hydrogens is 650 g/mol. The van der Waals surface area contributed by atoms with E-state index in [0.29, 0.717) is 29.9 Å². The van der Waals surface area contributed by atoms with Crippen molar-refractivity contribution in [3.05, 3.63) is 117 Å². The fraction of sp³-hybridized carbons (Fsp3) is 0.350. The average Bonchev–Trinajstić information content (AvgIpc) is 3.56. The van der Waals surface area contributed by atoms with Gasteiger partial charge in [-0.15, -0.1) is 0 Å². The van der Waals surface area contributed by atoms with Crippen molar-refractivity contribution in [2.24, 2.45) is 11.8 Å². The molecule has 0 fully saturated rings. The SMILES string of the molecule is CCN(CC)c1c(C=O)cc(OCc2ccccc2)c2c1C[C@H]1C[C@H]3[C@H](N(C)C)c4onc(OCc5ccccc5)c4C(=O)[C@@]3(O)C(O)=C1C2=O. The molecule has 7 rings (SSSR count). The quantitative estimate of drug-likeness (QED) is 0.181. The predicted octanol–water partition coefficient (Wildman–Crippen LogP) is 5.91. The summed E-state index contributed by atoms with van der Waals surface area (Å²) < 4.78 is 18.0. The van der Waals surface area contributed by atoms with E-state index in [1.807, 2.05) is 84.3 Å². The molecular formula is C40H41N3O8. The van der Waals surface area contributed by atoms with Crippen molar-refractivity contribution >= 4 is 23.5 Å². The Hall–Kier alpha value is -5.26. The van der Waals surface area contributed by atoms with Crippen molar-refractivity contribution in [1.29, 1.82) is 0 Å². The second kappa shape index (κ2) is 13.5. The van der Waals surface area contributed by atoms with Crippen LogP contribution in [0.25, 0.3) is 0 Å². The molecule has 264 valence electrons. The summed E-state index contributed by atoms with van der Waals surface area (Å²) in [6.07, 6.45) is 1.21. The molecule has 51 heavy (non-hydrogen) atoms. The van der Waals surface area contributed by atoms with Crippen LogP contribution in [0.2, 0.25) is 0 Å². The third-order valence-corrected chi connectivity index (χ3v) is 10.5. The van der Waals surface area contributed by atoms with Crippen molar-refractivity contribution < 1.29 is 38.6 Å². The molecule has 4 atom stereocenters. The van der Waals surface area contributed by atoms with Crippen LogP contribution in [0.5, 0.6) is 11.6 Å². The Morgan fingerprint density at radius 3 is 2.18 bits per heavy atom. The third-order valence-electron chi connectivity index (χ3n) is 10.5. The number of Topliss-reactive ketones (excluding diaryl/α,β-unsaturated/α-hetero) is 2. The Kier molecular flexibility index (Phi) is 9.03. The lowest BCUT2D eigenvalue weighted by atomic mass is 9.58. The van der Waals surface area contributed by atoms with Gasteiger partial charge < -0.3 is 29.1 Å². The molecule has 0 unspecified atom stereocenters. The number of fused-ring (bicyclic) bond motifs is 4. The largest absolute Gasteiger partial charge is 0.508 e. The van der Waals surface area contributed by atoms with Gasteiger partial charge in [-0.3, -0.25) is 19.3 Å². The maximum absolute atomic E-state index is 14.8. The fourth-order valence-corrected chi connectivity index (χ4v) is 8.18. The summed E-state index contributed by atoms with van der Waals surface area (Å²) in [4.78, 5) is 45.7. The molecule has 0 saturated carbocycles. The lowest BCUT2D eigenvalue weighted by Crippen LogP contribution is -2.59. The third kappa shape index (κ3) is 5.51. The Balaban J connectivity index is 1.36. The van der Waals surface area contributed by atoms with E-state index in [9.17, 15) is 24.6 Å². The van der Waals surface area contributed by atoms with Crippen LogP contribution >= 0.6 is 0 Å². The summed E-state index contributed by atoms with van der Waals surface area (Å²) in [5, 5.41) is 28.7. The first kappa shape index (κ1) is 34.2. The number of carbonyl (C=O) groups is 3. The van der Waals surface area contributed by atoms with Crippen LogP contribution in [0.15, 0.2) is 82.6 Å². The summed E-state index contributed by atoms with van der Waals surface area (Å²) >= 11 is 0. The van der Waals surface area contributed by atoms with E-state index in [1.165, 1.54) is 0 Å². The first-order chi connectivity index (χ1) is 24.6. The summed E-state index contributed by atoms with van der Waals surface area (Å²) in [6.45, 7) is 5.36. The van der Waals surface area contributed by atoms with Gasteiger partial charge in [-0.05, 0) is 74.6 Å². The van der Waals surface area contributed by atoms with Gasteiger partial charge in [0, 0.05) is 30.1 Å². The van der Waals surface area contributed by atoms with Crippen molar-refractivity contribution in [1.82, 2.24) is 10.1 Å². The molecule has 0 aliphatic heterocycles. The number of carbonyl (C=O) groups excluding carboxylic acids is 3. The van der Waals surface area contributed by atoms with E-state index < -0.39 is 40.8 Å². The minimum atomic E-state index is -2.47. The standard InChI is InChI=1S/C40H41N3O8/c1-5-43(6-2)33-26(20-44)19-29(49-21-23-13-9-7-10-14-23)31-27(33)17-25-18-28-34(42(3)4)36-32(38(47)40(28,48)37(46)30(25)35(31)45)39(41-51-36)50-22-24-15-11-8-12-16-24/h7-16,19-20,25,28,34,46,48H,5-6,17-18,21-22H2,1-4H3/t25-,28-,34-,40-/m0/s1. The highest BCUT2D eigenvalue weighted by Crippen LogP contribution is 2.57. The van der Waals surface area contributed by atoms with Crippen molar-refractivity contribution in [3.8, 4) is 11.6 Å². The number of benzene rings is 3. The topological polar surface area (TPSA) is 143 Å². The zero-order chi connectivity index (χ0) is 36.0. The Morgan fingerprint density at radius 1 is 0.961 bits per heavy atom. The first-order valence-electron chi connectivity index (χ1n) is 17.3. The van der Waals surface area contributed by atoms with Crippen LogP contribution in [-0.4, -0.2) is 70.9 Å². The zero-order valence-corrected chi connectivity index (χ0v) is 29.1. The van der Waals surface area contributed by atoms with Gasteiger partial charge in [-0.25, -0.2) is 0 Å². The Bertz CT molecular complexity index is 2020. The number of nitrogens with zero attached hydrogens (tertiary/aromatic N) is 3. The fourth-order valence-electron chi connectivity index (χ4n) is 8.18. The van der Waals surface area contributed by atoms with Crippen molar-refractivity contribution in [2.75, 3.05) is 32.1 Å². The van der Waals surface area contributed by atoms with Crippen LogP contribution < -0.4 is 14.4 Å². The molecule has 11 nitrogen and oxygen atoms in total. The van der Waals surface area contributed by atoms with Gasteiger partial charge in [-0.2, -0.15) is 0 Å². The monoisotopic (exact) mass is 691 g/mol. The Labute approximate surface area is 296 Å². The van der Waals surface area contributed by atoms with Gasteiger partial charge in [0.05, 0.1) is 17.3 Å². The Morgan fingerprint density at radius 2 is 1.59 bits per heavy atom. The van der Waals surface area contributed by atoms with Gasteiger partial charge in [-0.1, -0.05) is 60.7 Å². The number of hydrogen-bond donors (Lipinski definition) is 2. The maximum atomic E-state index is 14.8. The lowest BCUT2D eigenvalue weighted by molar-refractivity contribution is -0.0559. The molecule has 2 N–H and O–H groups in total. The number of anilines is 1. The molecule has 1 heterocycles. The lowest BCUT2D eigenvalue weighted by Gasteiger charge is -2.49. The summed E-state index contributed by atoms with van der Waals surface area (Å²) in [7, 11) is 3.58. The second-order valence-electron chi connectivity index (χ2n) is 13.6. The maximum Gasteiger partial charge on any atom is 0.265 e. The number of ether oxygens (including phenoxy) is 2. The van der Waals surface area contributed by atoms with Crippen LogP contribution in [0.4, 0.5) is 5.69 Å². The minimum absolute atomic E-state index is 0.0346. The number of aliphatic hydroxyl groups is 2. The van der Waals surface area contributed by atoms with E-state index >= 15 is 0 Å². The highest BCUT2D eigenvalue weighted by Gasteiger charge is 2.64. The number of aldehydes is 1. The normalized spacial score (nSPS) is 22.2. The smallest absolute Gasteiger partial charge is 0.265 e. The van der Waals surface area contributed by atoms with Crippen molar-refractivity contribution in [2.45, 2.75) is 51.5 Å². The number of hydrogen-bond acceptors (Lipinski definition) is 11. The van der Waals surface area contributed by atoms with Gasteiger partial charge in [0.2, 0.25) is 5.78 Å². The highest BCUT2D eigenvalue weighted by atomic mass is 16.5. The van der Waals surface area contributed by atoms with Gasteiger partial charge in [0.15, 0.2) is 23.4 Å². The minimum Gasteiger partial charge on any atom is -0.508 e. The number of aliphatic hydroxyl groups excluding tert-OH is 1. The van der Waals surface area contributed by atoms with E-state index in [-0.39, 0.29) is 60.1 Å². The molecule has 1 aromatic heterocycles. The molecule has 3 aliphatic rings. The molecule has 3 aromatic carbocycles. The highest BCUT2D eigenvalue weighted by molar-refractivity contribution is 6.17. The molecule has 11 heteroatoms. The van der Waals surface area contributed by atoms with E-state index in [1.54, 1.807) is 20.2 Å². The molecule has 0 saturated heterocycles. The van der Waals surface area contributed by atoms with Crippen LogP contribution in [0.3, 0.4) is 0 Å². The first-order valence-corrected chi connectivity index (χ1v) is 17.3. The second-order valence-corrected chi connectivity index (χ2v) is 13.6. The molecule has 0 spiro atoms. The number of rotatable bonds is 11. The molecule has 0 amide bonds. The van der Waals surface area contributed by atoms with E-state index in [4.69, 9.17) is 14.0 Å². The molecule has 3 aliphatic carbocycles. The van der Waals surface area contributed by atoms with Crippen LogP contribution in [-0.2, 0) is 19.6 Å². The summed E-state index contributed by atoms with van der Waals surface area (Å²) in [6, 6.07) is 19.7. The summed E-state index contributed by atoms with van der Waals surface area (Å²) in [5.41, 5.74) is 1.03. The number of allylic oxidation sites excluding steroid dienone is 1. The molecule has 0 bridgehead atoms. The average molecular weight is 692 g/mol. The van der Waals surface area contributed by atoms with Gasteiger partial charge in [0.1, 0.15) is 30.3 Å². The van der Waals surface area contributed by atoms with E-state index in [0.717, 1.165) is 17.4 Å².